The van der Waals surface area contributed by atoms with Crippen molar-refractivity contribution in [1.29, 1.82) is 0 Å². The highest BCUT2D eigenvalue weighted by Gasteiger charge is 2.00. The predicted octanol–water partition coefficient (Wildman–Crippen LogP) is 2.08. The molecule has 0 saturated heterocycles. The molecule has 0 amide bonds. The van der Waals surface area contributed by atoms with Crippen molar-refractivity contribution in [1.82, 2.24) is 9.97 Å². The van der Waals surface area contributed by atoms with Gasteiger partial charge in [0.25, 0.3) is 0 Å². The normalized spacial score (nSPS) is 9.67. The standard InChI is InChI=1S/C11H9N2O2/c1-14-10-7-11(13-8-12-10)15-9-5-3-2-4-6-9/h2-3,5-8H,1H3. The first-order valence-electron chi connectivity index (χ1n) is 4.38. The van der Waals surface area contributed by atoms with E-state index in [9.17, 15) is 0 Å². The smallest absolute Gasteiger partial charge is 0.226 e. The van der Waals surface area contributed by atoms with Crippen molar-refractivity contribution in [3.63, 3.8) is 0 Å². The van der Waals surface area contributed by atoms with Gasteiger partial charge < -0.3 is 9.47 Å². The molecule has 4 nitrogen and oxygen atoms in total. The fourth-order valence-corrected chi connectivity index (χ4v) is 1.05. The van der Waals surface area contributed by atoms with Crippen LogP contribution < -0.4 is 9.47 Å². The van der Waals surface area contributed by atoms with Gasteiger partial charge in [-0.3, -0.25) is 0 Å². The maximum atomic E-state index is 5.46. The fourth-order valence-electron chi connectivity index (χ4n) is 1.05. The summed E-state index contributed by atoms with van der Waals surface area (Å²) in [6, 6.07) is 11.7. The van der Waals surface area contributed by atoms with Crippen molar-refractivity contribution >= 4 is 0 Å². The third-order valence-electron chi connectivity index (χ3n) is 1.73. The molecule has 75 valence electrons. The van der Waals surface area contributed by atoms with E-state index in [1.165, 1.54) is 6.33 Å². The first kappa shape index (κ1) is 9.45. The summed E-state index contributed by atoms with van der Waals surface area (Å²) in [6.45, 7) is 0. The average Bonchev–Trinajstić information content (AvgIpc) is 2.31. The monoisotopic (exact) mass is 201 g/mol. The zero-order chi connectivity index (χ0) is 10.5. The molecule has 2 aromatic rings. The van der Waals surface area contributed by atoms with Gasteiger partial charge in [0.05, 0.1) is 13.2 Å². The van der Waals surface area contributed by atoms with E-state index in [-0.39, 0.29) is 0 Å². The van der Waals surface area contributed by atoms with Crippen LogP contribution in [0.15, 0.2) is 36.7 Å². The number of methoxy groups -OCH3 is 1. The van der Waals surface area contributed by atoms with E-state index in [1.807, 2.05) is 12.1 Å². The second-order valence-corrected chi connectivity index (χ2v) is 2.74. The SMILES string of the molecule is COc1cc(Oc2c[c]ccc2)ncn1. The molecule has 1 radical (unpaired) electrons. The van der Waals surface area contributed by atoms with Gasteiger partial charge in [0.2, 0.25) is 11.8 Å². The lowest BCUT2D eigenvalue weighted by atomic mass is 10.3. The molecule has 15 heavy (non-hydrogen) atoms. The number of rotatable bonds is 3. The van der Waals surface area contributed by atoms with Crippen LogP contribution in [0.25, 0.3) is 0 Å². The number of hydrogen-bond acceptors (Lipinski definition) is 4. The summed E-state index contributed by atoms with van der Waals surface area (Å²) >= 11 is 0. The van der Waals surface area contributed by atoms with Crippen LogP contribution in [0.5, 0.6) is 17.5 Å². The van der Waals surface area contributed by atoms with Crippen molar-refractivity contribution in [2.75, 3.05) is 7.11 Å². The highest BCUT2D eigenvalue weighted by Crippen LogP contribution is 2.20. The van der Waals surface area contributed by atoms with Crippen molar-refractivity contribution in [2.24, 2.45) is 0 Å². The minimum Gasteiger partial charge on any atom is -0.481 e. The Morgan fingerprint density at radius 1 is 1.27 bits per heavy atom. The Kier molecular flexibility index (Phi) is 2.78. The number of hydrogen-bond donors (Lipinski definition) is 0. The minimum absolute atomic E-state index is 0.446. The summed E-state index contributed by atoms with van der Waals surface area (Å²) < 4.78 is 10.4. The fraction of sp³-hybridized carbons (Fsp3) is 0.0909. The number of ether oxygens (including phenoxy) is 2. The van der Waals surface area contributed by atoms with Crippen molar-refractivity contribution in [2.45, 2.75) is 0 Å². The highest BCUT2D eigenvalue weighted by molar-refractivity contribution is 5.27. The zero-order valence-electron chi connectivity index (χ0n) is 8.18. The lowest BCUT2D eigenvalue weighted by molar-refractivity contribution is 0.388. The van der Waals surface area contributed by atoms with Crippen molar-refractivity contribution in [3.05, 3.63) is 42.7 Å². The lowest BCUT2D eigenvalue weighted by Gasteiger charge is -2.04. The minimum atomic E-state index is 0.446. The van der Waals surface area contributed by atoms with Crippen LogP contribution >= 0.6 is 0 Å². The molecule has 1 aromatic heterocycles. The number of nitrogens with zero attached hydrogens (tertiary/aromatic N) is 2. The van der Waals surface area contributed by atoms with Crippen LogP contribution in [0.2, 0.25) is 0 Å². The quantitative estimate of drug-likeness (QED) is 0.762. The van der Waals surface area contributed by atoms with E-state index < -0.39 is 0 Å². The molecule has 0 atom stereocenters. The molecule has 4 heteroatoms. The van der Waals surface area contributed by atoms with Gasteiger partial charge in [0.1, 0.15) is 12.1 Å². The van der Waals surface area contributed by atoms with E-state index in [0.717, 1.165) is 0 Å². The molecule has 0 aliphatic heterocycles. The lowest BCUT2D eigenvalue weighted by Crippen LogP contribution is -1.92. The first-order valence-corrected chi connectivity index (χ1v) is 4.38. The largest absolute Gasteiger partial charge is 0.481 e. The Balaban J connectivity index is 2.17. The van der Waals surface area contributed by atoms with Gasteiger partial charge in [-0.1, -0.05) is 12.1 Å². The van der Waals surface area contributed by atoms with E-state index in [2.05, 4.69) is 16.0 Å². The van der Waals surface area contributed by atoms with Crippen LogP contribution in [0, 0.1) is 6.07 Å². The molecule has 0 spiro atoms. The van der Waals surface area contributed by atoms with Gasteiger partial charge in [0, 0.05) is 0 Å². The van der Waals surface area contributed by atoms with E-state index in [1.54, 1.807) is 25.3 Å². The second kappa shape index (κ2) is 4.41. The topological polar surface area (TPSA) is 44.2 Å². The van der Waals surface area contributed by atoms with Gasteiger partial charge in [-0.2, -0.15) is 0 Å². The van der Waals surface area contributed by atoms with Gasteiger partial charge in [-0.25, -0.2) is 9.97 Å². The van der Waals surface area contributed by atoms with E-state index in [0.29, 0.717) is 17.5 Å². The average molecular weight is 201 g/mol. The summed E-state index contributed by atoms with van der Waals surface area (Å²) in [7, 11) is 1.54. The Labute approximate surface area is 87.5 Å². The molecule has 1 heterocycles. The van der Waals surface area contributed by atoms with Crippen LogP contribution in [-0.4, -0.2) is 17.1 Å². The van der Waals surface area contributed by atoms with E-state index in [4.69, 9.17) is 9.47 Å². The first-order chi connectivity index (χ1) is 7.38. The third-order valence-corrected chi connectivity index (χ3v) is 1.73. The summed E-state index contributed by atoms with van der Waals surface area (Å²) in [5, 5.41) is 0. The molecule has 0 saturated carbocycles. The molecule has 0 unspecified atom stereocenters. The van der Waals surface area contributed by atoms with Gasteiger partial charge >= 0.3 is 0 Å². The number of benzene rings is 1. The zero-order valence-corrected chi connectivity index (χ0v) is 8.18. The Bertz CT molecular complexity index is 432. The van der Waals surface area contributed by atoms with Crippen molar-refractivity contribution < 1.29 is 9.47 Å². The second-order valence-electron chi connectivity index (χ2n) is 2.74. The Hall–Kier alpha value is -2.10. The summed E-state index contributed by atoms with van der Waals surface area (Å²) in [5.41, 5.74) is 0. The Morgan fingerprint density at radius 2 is 2.13 bits per heavy atom. The number of aromatic nitrogens is 2. The van der Waals surface area contributed by atoms with Crippen LogP contribution in [0.3, 0.4) is 0 Å². The van der Waals surface area contributed by atoms with Crippen molar-refractivity contribution in [3.8, 4) is 17.5 Å². The highest BCUT2D eigenvalue weighted by atomic mass is 16.5. The summed E-state index contributed by atoms with van der Waals surface area (Å²) in [5.74, 6) is 1.60. The van der Waals surface area contributed by atoms with E-state index >= 15 is 0 Å². The Morgan fingerprint density at radius 3 is 2.87 bits per heavy atom. The molecule has 0 fully saturated rings. The molecule has 0 aliphatic rings. The molecule has 0 N–H and O–H groups in total. The summed E-state index contributed by atoms with van der Waals surface area (Å²) in [4.78, 5) is 7.83. The third kappa shape index (κ3) is 2.43. The van der Waals surface area contributed by atoms with Crippen LogP contribution in [0.4, 0.5) is 0 Å². The van der Waals surface area contributed by atoms with Gasteiger partial charge in [-0.05, 0) is 18.2 Å². The molecule has 0 aliphatic carbocycles. The maximum Gasteiger partial charge on any atom is 0.226 e. The molecular weight excluding hydrogens is 192 g/mol. The van der Waals surface area contributed by atoms with Crippen LogP contribution in [-0.2, 0) is 0 Å². The predicted molar refractivity (Wildman–Crippen MR) is 53.9 cm³/mol. The van der Waals surface area contributed by atoms with Gasteiger partial charge in [-0.15, -0.1) is 0 Å². The molecule has 0 bridgehead atoms. The molecule has 1 aromatic carbocycles. The van der Waals surface area contributed by atoms with Gasteiger partial charge in [0.15, 0.2) is 0 Å². The van der Waals surface area contributed by atoms with Crippen LogP contribution in [0.1, 0.15) is 0 Å². The maximum absolute atomic E-state index is 5.46. The summed E-state index contributed by atoms with van der Waals surface area (Å²) in [6.07, 6.45) is 1.39. The molecular formula is C11H9N2O2. The molecule has 2 rings (SSSR count).